The molecule has 3 nitrogen and oxygen atoms in total. The van der Waals surface area contributed by atoms with Crippen molar-refractivity contribution in [1.82, 2.24) is 5.32 Å². The van der Waals surface area contributed by atoms with Crippen LogP contribution in [0.4, 0.5) is 83.4 Å². The van der Waals surface area contributed by atoms with Crippen LogP contribution in [0, 0.1) is 0 Å². The lowest BCUT2D eigenvalue weighted by molar-refractivity contribution is -0.870. The van der Waals surface area contributed by atoms with Crippen molar-refractivity contribution in [3.8, 4) is 0 Å². The van der Waals surface area contributed by atoms with Crippen LogP contribution in [-0.4, -0.2) is 98.2 Å². The number of hydrogen-bond acceptors (Lipinski definition) is 1. The first-order valence-electron chi connectivity index (χ1n) is 9.31. The largest absolute Gasteiger partial charge is 0.460 e. The van der Waals surface area contributed by atoms with Crippen LogP contribution < -0.4 is 5.32 Å². The molecule has 1 amide bonds. The molecule has 0 atom stereocenters. The second-order valence-corrected chi connectivity index (χ2v) is 8.72. The SMILES string of the molecule is C[N+](C)(C)CCCNC(=O)C(F)(F)C(F)(F)C(F)(F)C(F)(F)C(F)(F)C(F)(F)C(F)(F)C(F)(F)C(F)(F)F. The Kier molecular flexibility index (Phi) is 9.15. The van der Waals surface area contributed by atoms with Crippen LogP contribution in [0.5, 0.6) is 0 Å². The number of carbonyl (C=O) groups excluding carboxylic acids is 1. The molecule has 38 heavy (non-hydrogen) atoms. The summed E-state index contributed by atoms with van der Waals surface area (Å²) in [5.74, 6) is -71.6. The van der Waals surface area contributed by atoms with Gasteiger partial charge in [-0.2, -0.15) is 83.4 Å². The molecule has 0 unspecified atom stereocenters. The molecular weight excluding hydrogens is 597 g/mol. The fraction of sp³-hybridized carbons (Fsp3) is 0.938. The van der Waals surface area contributed by atoms with E-state index in [1.165, 1.54) is 21.1 Å². The number of alkyl halides is 19. The van der Waals surface area contributed by atoms with E-state index in [0.29, 0.717) is 0 Å². The van der Waals surface area contributed by atoms with Gasteiger partial charge in [0.2, 0.25) is 0 Å². The number of nitrogens with one attached hydrogen (secondary N) is 1. The van der Waals surface area contributed by atoms with Gasteiger partial charge in [0.25, 0.3) is 5.91 Å². The molecule has 0 fully saturated rings. The van der Waals surface area contributed by atoms with Gasteiger partial charge in [0.15, 0.2) is 0 Å². The summed E-state index contributed by atoms with van der Waals surface area (Å²) in [5, 5.41) is 0.818. The lowest BCUT2D eigenvalue weighted by Gasteiger charge is -2.43. The molecule has 0 heterocycles. The Hall–Kier alpha value is -1.90. The lowest BCUT2D eigenvalue weighted by Crippen LogP contribution is -2.76. The Bertz CT molecular complexity index is 856. The molecule has 0 rings (SSSR count). The molecule has 0 bridgehead atoms. The minimum Gasteiger partial charge on any atom is -0.350 e. The number of nitrogens with zero attached hydrogens (tertiary/aromatic N) is 1. The Morgan fingerprint density at radius 3 is 1.11 bits per heavy atom. The van der Waals surface area contributed by atoms with Crippen molar-refractivity contribution in [3.63, 3.8) is 0 Å². The van der Waals surface area contributed by atoms with E-state index in [0.717, 1.165) is 5.32 Å². The first-order chi connectivity index (χ1) is 16.1. The molecule has 1 N–H and O–H groups in total. The summed E-state index contributed by atoms with van der Waals surface area (Å²) in [6.45, 7) is -1.12. The van der Waals surface area contributed by atoms with Gasteiger partial charge in [0.05, 0.1) is 27.7 Å². The summed E-state index contributed by atoms with van der Waals surface area (Å²) in [6.07, 6.45) is -8.33. The molecule has 0 spiro atoms. The highest BCUT2D eigenvalue weighted by Crippen LogP contribution is 2.65. The van der Waals surface area contributed by atoms with E-state index in [-0.39, 0.29) is 11.0 Å². The van der Waals surface area contributed by atoms with Crippen molar-refractivity contribution in [1.29, 1.82) is 0 Å². The van der Waals surface area contributed by atoms with E-state index in [2.05, 4.69) is 0 Å². The number of carbonyl (C=O) groups is 1. The zero-order valence-corrected chi connectivity index (χ0v) is 18.7. The van der Waals surface area contributed by atoms with Crippen LogP contribution in [0.2, 0.25) is 0 Å². The van der Waals surface area contributed by atoms with Crippen LogP contribution in [0.3, 0.4) is 0 Å². The second kappa shape index (κ2) is 9.63. The molecule has 0 aliphatic rings. The van der Waals surface area contributed by atoms with Gasteiger partial charge in [-0.3, -0.25) is 4.79 Å². The average Bonchev–Trinajstić information content (AvgIpc) is 2.68. The molecule has 0 saturated heterocycles. The highest BCUT2D eigenvalue weighted by atomic mass is 19.4. The Morgan fingerprint density at radius 2 is 0.816 bits per heavy atom. The smallest absolute Gasteiger partial charge is 0.350 e. The van der Waals surface area contributed by atoms with E-state index in [1.807, 2.05) is 0 Å². The van der Waals surface area contributed by atoms with Gasteiger partial charge < -0.3 is 9.80 Å². The first kappa shape index (κ1) is 36.1. The van der Waals surface area contributed by atoms with Crippen LogP contribution >= 0.6 is 0 Å². The van der Waals surface area contributed by atoms with Gasteiger partial charge in [0, 0.05) is 13.0 Å². The van der Waals surface area contributed by atoms with Gasteiger partial charge in [-0.1, -0.05) is 0 Å². The third kappa shape index (κ3) is 5.28. The van der Waals surface area contributed by atoms with E-state index in [9.17, 15) is 88.2 Å². The van der Waals surface area contributed by atoms with Crippen molar-refractivity contribution < 1.29 is 92.7 Å². The van der Waals surface area contributed by atoms with E-state index in [4.69, 9.17) is 0 Å². The molecule has 22 heteroatoms. The van der Waals surface area contributed by atoms with Crippen molar-refractivity contribution in [3.05, 3.63) is 0 Å². The van der Waals surface area contributed by atoms with Gasteiger partial charge in [-0.25, -0.2) is 0 Å². The van der Waals surface area contributed by atoms with Crippen molar-refractivity contribution in [2.75, 3.05) is 34.2 Å². The maximum atomic E-state index is 13.7. The maximum Gasteiger partial charge on any atom is 0.460 e. The molecule has 0 aromatic carbocycles. The summed E-state index contributed by atoms with van der Waals surface area (Å²) in [7, 11) is 4.37. The maximum absolute atomic E-state index is 13.7. The normalized spacial score (nSPS) is 16.1. The molecule has 0 saturated carbocycles. The monoisotopic (exact) mass is 613 g/mol. The van der Waals surface area contributed by atoms with E-state index < -0.39 is 72.4 Å². The van der Waals surface area contributed by atoms with Gasteiger partial charge in [0.1, 0.15) is 0 Å². The standard InChI is InChI=1S/C16H15F19N2O/c1-37(2,3)6-4-5-36-7(38)8(17,18)9(19,20)10(21,22)11(23,24)12(25,26)13(27,28)14(29,30)15(31,32)16(33,34)35/h4-6H2,1-3H3/p+1. The molecule has 0 radical (unpaired) electrons. The lowest BCUT2D eigenvalue weighted by atomic mass is 9.87. The summed E-state index contributed by atoms with van der Waals surface area (Å²) >= 11 is 0. The summed E-state index contributed by atoms with van der Waals surface area (Å²) in [4.78, 5) is 11.3. The highest BCUT2D eigenvalue weighted by Gasteiger charge is 2.97. The number of halogens is 19. The van der Waals surface area contributed by atoms with Crippen LogP contribution in [0.25, 0.3) is 0 Å². The fourth-order valence-electron chi connectivity index (χ4n) is 2.37. The predicted molar refractivity (Wildman–Crippen MR) is 86.2 cm³/mol. The number of rotatable bonds is 12. The molecule has 0 aliphatic heterocycles. The quantitative estimate of drug-likeness (QED) is 0.167. The van der Waals surface area contributed by atoms with Crippen molar-refractivity contribution >= 4 is 5.91 Å². The van der Waals surface area contributed by atoms with E-state index >= 15 is 0 Å². The van der Waals surface area contributed by atoms with Gasteiger partial charge in [-0.15, -0.1) is 0 Å². The second-order valence-electron chi connectivity index (χ2n) is 8.72. The topological polar surface area (TPSA) is 29.1 Å². The summed E-state index contributed by atoms with van der Waals surface area (Å²) in [6, 6.07) is 0. The highest BCUT2D eigenvalue weighted by molar-refractivity contribution is 5.84. The zero-order valence-electron chi connectivity index (χ0n) is 18.7. The van der Waals surface area contributed by atoms with Crippen LogP contribution in [0.1, 0.15) is 6.42 Å². The van der Waals surface area contributed by atoms with Crippen LogP contribution in [-0.2, 0) is 4.79 Å². The molecule has 0 aliphatic carbocycles. The number of amides is 1. The Morgan fingerprint density at radius 1 is 0.526 bits per heavy atom. The third-order valence-corrected chi connectivity index (χ3v) is 4.69. The van der Waals surface area contributed by atoms with Crippen LogP contribution in [0.15, 0.2) is 0 Å². The molecule has 0 aromatic rings. The summed E-state index contributed by atoms with van der Waals surface area (Å²) in [5.41, 5.74) is 0. The first-order valence-corrected chi connectivity index (χ1v) is 9.31. The minimum atomic E-state index is -9.01. The predicted octanol–water partition coefficient (Wildman–Crippen LogP) is 5.84. The molecule has 228 valence electrons. The fourth-order valence-corrected chi connectivity index (χ4v) is 2.37. The summed E-state index contributed by atoms with van der Waals surface area (Å²) < 4.78 is 251. The van der Waals surface area contributed by atoms with Gasteiger partial charge >= 0.3 is 53.6 Å². The molecular formula is C16H16F19N2O+. The van der Waals surface area contributed by atoms with Crippen molar-refractivity contribution in [2.45, 2.75) is 60.0 Å². The average molecular weight is 613 g/mol. The number of hydrogen-bond donors (Lipinski definition) is 1. The molecule has 0 aromatic heterocycles. The van der Waals surface area contributed by atoms with Gasteiger partial charge in [-0.05, 0) is 0 Å². The minimum absolute atomic E-state index is 0.0219. The van der Waals surface area contributed by atoms with Crippen molar-refractivity contribution in [2.24, 2.45) is 0 Å². The third-order valence-electron chi connectivity index (χ3n) is 4.69. The zero-order chi connectivity index (χ0) is 31.4. The Labute approximate surface area is 199 Å². The Balaban J connectivity index is 6.55. The number of quaternary nitrogens is 1. The van der Waals surface area contributed by atoms with E-state index in [1.54, 1.807) is 0 Å².